The minimum absolute atomic E-state index is 0.0965. The molecule has 0 aliphatic heterocycles. The Bertz CT molecular complexity index is 594. The van der Waals surface area contributed by atoms with Crippen molar-refractivity contribution in [3.63, 3.8) is 0 Å². The van der Waals surface area contributed by atoms with Crippen LogP contribution in [0.4, 0.5) is 0 Å². The van der Waals surface area contributed by atoms with Crippen molar-refractivity contribution in [2.75, 3.05) is 0 Å². The van der Waals surface area contributed by atoms with Gasteiger partial charge in [0, 0.05) is 0 Å². The second kappa shape index (κ2) is 6.60. The largest absolute Gasteiger partial charge is 0.504 e. The number of rotatable bonds is 5. The molecule has 0 radical (unpaired) electrons. The first kappa shape index (κ1) is 16.0. The lowest BCUT2D eigenvalue weighted by atomic mass is 9.85. The smallest absolute Gasteiger partial charge is 0.157 e. The Morgan fingerprint density at radius 1 is 0.636 bits per heavy atom. The first-order valence-electron chi connectivity index (χ1n) is 7.38. The summed E-state index contributed by atoms with van der Waals surface area (Å²) >= 11 is 0. The number of benzene rings is 2. The normalized spacial score (nSPS) is 13.7. The van der Waals surface area contributed by atoms with Gasteiger partial charge in [-0.2, -0.15) is 0 Å². The summed E-state index contributed by atoms with van der Waals surface area (Å²) < 4.78 is 0. The van der Waals surface area contributed by atoms with Crippen molar-refractivity contribution >= 4 is 0 Å². The van der Waals surface area contributed by atoms with E-state index < -0.39 is 0 Å². The van der Waals surface area contributed by atoms with Gasteiger partial charge >= 0.3 is 0 Å². The average molecular weight is 302 g/mol. The summed E-state index contributed by atoms with van der Waals surface area (Å²) in [5.74, 6) is 0.314. The van der Waals surface area contributed by atoms with Crippen LogP contribution in [0.3, 0.4) is 0 Å². The number of phenolic OH excluding ortho intramolecular Hbond substituents is 4. The highest BCUT2D eigenvalue weighted by atomic mass is 16.3. The van der Waals surface area contributed by atoms with Gasteiger partial charge in [-0.3, -0.25) is 0 Å². The molecule has 4 nitrogen and oxygen atoms in total. The second-order valence-electron chi connectivity index (χ2n) is 6.01. The van der Waals surface area contributed by atoms with Gasteiger partial charge < -0.3 is 20.4 Å². The molecule has 0 aliphatic rings. The maximum absolute atomic E-state index is 9.54. The van der Waals surface area contributed by atoms with E-state index in [1.54, 1.807) is 12.1 Å². The van der Waals surface area contributed by atoms with Crippen LogP contribution in [0.5, 0.6) is 23.0 Å². The molecule has 22 heavy (non-hydrogen) atoms. The van der Waals surface area contributed by atoms with Crippen molar-refractivity contribution in [1.29, 1.82) is 0 Å². The van der Waals surface area contributed by atoms with E-state index in [4.69, 9.17) is 0 Å². The number of phenols is 4. The fourth-order valence-electron chi connectivity index (χ4n) is 2.54. The number of aromatic hydroxyl groups is 4. The maximum Gasteiger partial charge on any atom is 0.157 e. The minimum atomic E-state index is -0.107. The van der Waals surface area contributed by atoms with E-state index in [9.17, 15) is 20.4 Å². The number of hydrogen-bond donors (Lipinski definition) is 4. The van der Waals surface area contributed by atoms with Crippen LogP contribution in [0.1, 0.15) is 25.0 Å². The van der Waals surface area contributed by atoms with Gasteiger partial charge in [-0.15, -0.1) is 0 Å². The van der Waals surface area contributed by atoms with Crippen LogP contribution in [0.15, 0.2) is 36.4 Å². The summed E-state index contributed by atoms with van der Waals surface area (Å²) in [6.07, 6.45) is 1.58. The molecule has 0 amide bonds. The Balaban J connectivity index is 2.00. The Morgan fingerprint density at radius 3 is 1.32 bits per heavy atom. The molecular weight excluding hydrogens is 280 g/mol. The predicted molar refractivity (Wildman–Crippen MR) is 85.3 cm³/mol. The quantitative estimate of drug-likeness (QED) is 0.637. The highest BCUT2D eigenvalue weighted by Crippen LogP contribution is 2.30. The van der Waals surface area contributed by atoms with Crippen molar-refractivity contribution in [2.24, 2.45) is 11.8 Å². The zero-order valence-corrected chi connectivity index (χ0v) is 12.8. The van der Waals surface area contributed by atoms with E-state index in [1.807, 2.05) is 12.1 Å². The fourth-order valence-corrected chi connectivity index (χ4v) is 2.54. The van der Waals surface area contributed by atoms with E-state index in [-0.39, 0.29) is 23.0 Å². The minimum Gasteiger partial charge on any atom is -0.504 e. The molecule has 0 bridgehead atoms. The lowest BCUT2D eigenvalue weighted by molar-refractivity contribution is 0.377. The monoisotopic (exact) mass is 302 g/mol. The third-order valence-corrected chi connectivity index (χ3v) is 4.17. The summed E-state index contributed by atoms with van der Waals surface area (Å²) in [6, 6.07) is 9.80. The highest BCUT2D eigenvalue weighted by Gasteiger charge is 2.15. The molecule has 4 N–H and O–H groups in total. The van der Waals surface area contributed by atoms with Crippen LogP contribution >= 0.6 is 0 Å². The summed E-state index contributed by atoms with van der Waals surface area (Å²) in [5, 5.41) is 37.8. The molecular formula is C18H22O4. The molecule has 0 unspecified atom stereocenters. The van der Waals surface area contributed by atoms with Gasteiger partial charge in [-0.25, -0.2) is 0 Å². The van der Waals surface area contributed by atoms with Gasteiger partial charge in [-0.05, 0) is 60.1 Å². The fraction of sp³-hybridized carbons (Fsp3) is 0.333. The lowest BCUT2D eigenvalue weighted by Crippen LogP contribution is -2.13. The molecule has 118 valence electrons. The summed E-state index contributed by atoms with van der Waals surface area (Å²) in [6.45, 7) is 4.27. The molecule has 2 atom stereocenters. The van der Waals surface area contributed by atoms with E-state index in [0.717, 1.165) is 24.0 Å². The predicted octanol–water partition coefficient (Wildman–Crippen LogP) is 3.57. The van der Waals surface area contributed by atoms with Crippen LogP contribution in [0, 0.1) is 11.8 Å². The number of hydrogen-bond acceptors (Lipinski definition) is 4. The van der Waals surface area contributed by atoms with E-state index in [1.165, 1.54) is 12.1 Å². The van der Waals surface area contributed by atoms with Crippen molar-refractivity contribution in [2.45, 2.75) is 26.7 Å². The molecule has 0 aliphatic carbocycles. The maximum atomic E-state index is 9.54. The first-order valence-corrected chi connectivity index (χ1v) is 7.38. The zero-order valence-electron chi connectivity index (χ0n) is 12.8. The Labute approximate surface area is 130 Å². The third kappa shape index (κ3) is 3.85. The van der Waals surface area contributed by atoms with Crippen molar-refractivity contribution in [3.05, 3.63) is 47.5 Å². The molecule has 0 saturated heterocycles. The molecule has 0 saturated carbocycles. The molecule has 0 spiro atoms. The molecule has 2 aromatic carbocycles. The Morgan fingerprint density at radius 2 is 1.00 bits per heavy atom. The second-order valence-corrected chi connectivity index (χ2v) is 6.01. The SMILES string of the molecule is C[C@@H](Cc1ccc(O)c(O)c1)[C@@H](C)Cc1ccc(O)c(O)c1. The molecule has 2 aromatic rings. The first-order chi connectivity index (χ1) is 10.4. The zero-order chi connectivity index (χ0) is 16.3. The lowest BCUT2D eigenvalue weighted by Gasteiger charge is -2.20. The third-order valence-electron chi connectivity index (χ3n) is 4.17. The summed E-state index contributed by atoms with van der Waals surface area (Å²) in [5.41, 5.74) is 1.95. The highest BCUT2D eigenvalue weighted by molar-refractivity contribution is 5.41. The van der Waals surface area contributed by atoms with Crippen LogP contribution in [-0.4, -0.2) is 20.4 Å². The standard InChI is InChI=1S/C18H22O4/c1-11(7-13-3-5-15(19)17(21)9-13)12(2)8-14-4-6-16(20)18(22)10-14/h3-6,9-12,19-22H,7-8H2,1-2H3/t11-,12-/m0/s1. The van der Waals surface area contributed by atoms with Gasteiger partial charge in [0.25, 0.3) is 0 Å². The summed E-state index contributed by atoms with van der Waals surface area (Å²) in [4.78, 5) is 0. The van der Waals surface area contributed by atoms with E-state index in [0.29, 0.717) is 11.8 Å². The van der Waals surface area contributed by atoms with Crippen molar-refractivity contribution < 1.29 is 20.4 Å². The van der Waals surface area contributed by atoms with Crippen LogP contribution in [-0.2, 0) is 12.8 Å². The molecule has 2 rings (SSSR count). The average Bonchev–Trinajstić information content (AvgIpc) is 2.46. The Kier molecular flexibility index (Phi) is 4.81. The molecule has 0 aromatic heterocycles. The van der Waals surface area contributed by atoms with Gasteiger partial charge in [0.2, 0.25) is 0 Å². The van der Waals surface area contributed by atoms with Gasteiger partial charge in [0.05, 0.1) is 0 Å². The van der Waals surface area contributed by atoms with Gasteiger partial charge in [0.15, 0.2) is 23.0 Å². The van der Waals surface area contributed by atoms with Gasteiger partial charge in [-0.1, -0.05) is 26.0 Å². The van der Waals surface area contributed by atoms with E-state index in [2.05, 4.69) is 13.8 Å². The molecule has 0 fully saturated rings. The van der Waals surface area contributed by atoms with E-state index >= 15 is 0 Å². The molecule has 4 heteroatoms. The van der Waals surface area contributed by atoms with Crippen molar-refractivity contribution in [1.82, 2.24) is 0 Å². The Hall–Kier alpha value is -2.36. The van der Waals surface area contributed by atoms with Gasteiger partial charge in [0.1, 0.15) is 0 Å². The van der Waals surface area contributed by atoms with Crippen LogP contribution in [0.25, 0.3) is 0 Å². The van der Waals surface area contributed by atoms with Crippen molar-refractivity contribution in [3.8, 4) is 23.0 Å². The van der Waals surface area contributed by atoms with Crippen LogP contribution < -0.4 is 0 Å². The topological polar surface area (TPSA) is 80.9 Å². The summed E-state index contributed by atoms with van der Waals surface area (Å²) in [7, 11) is 0. The molecule has 0 heterocycles. The van der Waals surface area contributed by atoms with Crippen LogP contribution in [0.2, 0.25) is 0 Å².